The first-order chi connectivity index (χ1) is 15.5. The fraction of sp³-hybridized carbons (Fsp3) is 0.478. The van der Waals surface area contributed by atoms with Gasteiger partial charge in [-0.15, -0.1) is 0 Å². The van der Waals surface area contributed by atoms with E-state index in [4.69, 9.17) is 9.47 Å². The number of hydrogen-bond acceptors (Lipinski definition) is 7. The average Bonchev–Trinajstić information content (AvgIpc) is 3.20. The molecule has 32 heavy (non-hydrogen) atoms. The van der Waals surface area contributed by atoms with Crippen molar-refractivity contribution in [2.24, 2.45) is 5.92 Å². The van der Waals surface area contributed by atoms with Gasteiger partial charge in [-0.05, 0) is 37.0 Å². The fourth-order valence-corrected chi connectivity index (χ4v) is 4.59. The molecular weight excluding hydrogens is 410 g/mol. The molecule has 0 saturated carbocycles. The zero-order valence-corrected chi connectivity index (χ0v) is 18.3. The lowest BCUT2D eigenvalue weighted by atomic mass is 9.94. The Hall–Kier alpha value is -3.20. The zero-order chi connectivity index (χ0) is 22.2. The number of pyridine rings is 2. The van der Waals surface area contributed by atoms with E-state index in [2.05, 4.69) is 15.3 Å². The molecule has 0 radical (unpaired) electrons. The van der Waals surface area contributed by atoms with E-state index < -0.39 is 0 Å². The molecule has 9 nitrogen and oxygen atoms in total. The molecule has 0 aromatic carbocycles. The van der Waals surface area contributed by atoms with Gasteiger partial charge < -0.3 is 24.6 Å². The van der Waals surface area contributed by atoms with E-state index in [1.807, 2.05) is 23.1 Å². The summed E-state index contributed by atoms with van der Waals surface area (Å²) in [5, 5.41) is 3.26. The Kier molecular flexibility index (Phi) is 5.42. The minimum Gasteiger partial charge on any atom is -0.474 e. The SMILES string of the molecule is CN(C)C(=O)[C@H]1CC[C@H](c2ccc(Nc3cnc4c(c3)N3C(=O)CC[C@H]3CO4)nc2)OC1. The number of nitrogens with zero attached hydrogens (tertiary/aromatic N) is 4. The summed E-state index contributed by atoms with van der Waals surface area (Å²) in [6, 6.07) is 5.87. The van der Waals surface area contributed by atoms with Crippen LogP contribution in [0.3, 0.4) is 0 Å². The van der Waals surface area contributed by atoms with Crippen molar-refractivity contribution in [2.45, 2.75) is 37.8 Å². The van der Waals surface area contributed by atoms with Crippen LogP contribution in [0.2, 0.25) is 0 Å². The molecule has 2 aromatic heterocycles. The highest BCUT2D eigenvalue weighted by atomic mass is 16.5. The van der Waals surface area contributed by atoms with E-state index in [9.17, 15) is 9.59 Å². The number of amides is 2. The highest BCUT2D eigenvalue weighted by Crippen LogP contribution is 2.39. The van der Waals surface area contributed by atoms with E-state index in [1.165, 1.54) is 0 Å². The molecule has 5 rings (SSSR count). The number of aromatic nitrogens is 2. The van der Waals surface area contributed by atoms with Gasteiger partial charge in [0.05, 0.1) is 36.6 Å². The highest BCUT2D eigenvalue weighted by Gasteiger charge is 2.38. The van der Waals surface area contributed by atoms with Crippen LogP contribution in [0.4, 0.5) is 17.2 Å². The quantitative estimate of drug-likeness (QED) is 0.785. The molecule has 2 fully saturated rings. The minimum absolute atomic E-state index is 0.0524. The second-order valence-electron chi connectivity index (χ2n) is 8.75. The van der Waals surface area contributed by atoms with Gasteiger partial charge in [0, 0.05) is 26.7 Å². The molecule has 3 atom stereocenters. The minimum atomic E-state index is -0.0716. The maximum Gasteiger partial charge on any atom is 0.238 e. The normalized spacial score (nSPS) is 24.4. The summed E-state index contributed by atoms with van der Waals surface area (Å²) in [7, 11) is 3.55. The van der Waals surface area contributed by atoms with E-state index >= 15 is 0 Å². The summed E-state index contributed by atoms with van der Waals surface area (Å²) in [5.74, 6) is 1.33. The van der Waals surface area contributed by atoms with Crippen molar-refractivity contribution in [1.82, 2.24) is 14.9 Å². The van der Waals surface area contributed by atoms with Crippen LogP contribution >= 0.6 is 0 Å². The number of carbonyl (C=O) groups excluding carboxylic acids is 2. The lowest BCUT2D eigenvalue weighted by Gasteiger charge is -2.31. The van der Waals surface area contributed by atoms with Crippen LogP contribution in [0, 0.1) is 5.92 Å². The third-order valence-corrected chi connectivity index (χ3v) is 6.33. The molecule has 0 unspecified atom stereocenters. The van der Waals surface area contributed by atoms with Gasteiger partial charge in [0.25, 0.3) is 0 Å². The number of nitrogens with one attached hydrogen (secondary N) is 1. The topological polar surface area (TPSA) is 96.9 Å². The Morgan fingerprint density at radius 1 is 1.16 bits per heavy atom. The molecule has 5 heterocycles. The lowest BCUT2D eigenvalue weighted by molar-refractivity contribution is -0.139. The maximum atomic E-state index is 12.3. The molecular formula is C23H27N5O4. The standard InChI is InChI=1S/C23H27N5O4/c1-27(2)23(30)15-3-6-19(31-12-15)14-4-7-20(24-10-14)26-16-9-18-22(25-11-16)32-13-17-5-8-21(29)28(17)18/h4,7,9-11,15,17,19H,3,5-6,8,12-13H2,1-2H3,(H,24,26)/t15-,17-,19+/m0/s1. The molecule has 9 heteroatoms. The van der Waals surface area contributed by atoms with Gasteiger partial charge >= 0.3 is 0 Å². The number of hydrogen-bond donors (Lipinski definition) is 1. The monoisotopic (exact) mass is 437 g/mol. The van der Waals surface area contributed by atoms with E-state index in [1.54, 1.807) is 31.4 Å². The van der Waals surface area contributed by atoms with Crippen molar-refractivity contribution in [2.75, 3.05) is 37.5 Å². The van der Waals surface area contributed by atoms with Gasteiger partial charge in [0.1, 0.15) is 18.1 Å². The van der Waals surface area contributed by atoms with E-state index in [0.29, 0.717) is 37.0 Å². The Morgan fingerprint density at radius 3 is 2.75 bits per heavy atom. The summed E-state index contributed by atoms with van der Waals surface area (Å²) in [4.78, 5) is 36.7. The van der Waals surface area contributed by atoms with Crippen molar-refractivity contribution in [1.29, 1.82) is 0 Å². The molecule has 1 N–H and O–H groups in total. The van der Waals surface area contributed by atoms with Gasteiger partial charge in [-0.1, -0.05) is 6.07 Å². The molecule has 0 spiro atoms. The first-order valence-electron chi connectivity index (χ1n) is 11.0. The number of fused-ring (bicyclic) bond motifs is 3. The van der Waals surface area contributed by atoms with Crippen LogP contribution in [-0.2, 0) is 14.3 Å². The summed E-state index contributed by atoms with van der Waals surface area (Å²) >= 11 is 0. The Labute approximate surface area is 186 Å². The van der Waals surface area contributed by atoms with Crippen molar-refractivity contribution in [3.05, 3.63) is 36.2 Å². The smallest absolute Gasteiger partial charge is 0.238 e. The van der Waals surface area contributed by atoms with Gasteiger partial charge in [-0.2, -0.15) is 0 Å². The number of ether oxygens (including phenoxy) is 2. The molecule has 3 aliphatic rings. The molecule has 0 aliphatic carbocycles. The molecule has 2 amide bonds. The predicted molar refractivity (Wildman–Crippen MR) is 118 cm³/mol. The third-order valence-electron chi connectivity index (χ3n) is 6.33. The van der Waals surface area contributed by atoms with Crippen molar-refractivity contribution >= 4 is 29.0 Å². The fourth-order valence-electron chi connectivity index (χ4n) is 4.59. The third kappa shape index (κ3) is 3.88. The van der Waals surface area contributed by atoms with Gasteiger partial charge in [-0.3, -0.25) is 9.59 Å². The summed E-state index contributed by atoms with van der Waals surface area (Å²) < 4.78 is 11.7. The first-order valence-corrected chi connectivity index (χ1v) is 11.0. The highest BCUT2D eigenvalue weighted by molar-refractivity contribution is 5.98. The second kappa shape index (κ2) is 8.38. The average molecular weight is 438 g/mol. The van der Waals surface area contributed by atoms with Crippen LogP contribution in [-0.4, -0.2) is 60.0 Å². The number of rotatable bonds is 4. The number of anilines is 3. The Bertz CT molecular complexity index is 1020. The van der Waals surface area contributed by atoms with Crippen LogP contribution < -0.4 is 15.0 Å². The van der Waals surface area contributed by atoms with E-state index in [-0.39, 0.29) is 29.9 Å². The molecule has 3 aliphatic heterocycles. The van der Waals surface area contributed by atoms with Crippen LogP contribution in [0.25, 0.3) is 0 Å². The molecule has 2 aromatic rings. The Morgan fingerprint density at radius 2 is 2.03 bits per heavy atom. The lowest BCUT2D eigenvalue weighted by Crippen LogP contribution is -2.40. The summed E-state index contributed by atoms with van der Waals surface area (Å²) in [5.41, 5.74) is 2.45. The Balaban J connectivity index is 1.24. The predicted octanol–water partition coefficient (Wildman–Crippen LogP) is 2.66. The van der Waals surface area contributed by atoms with Gasteiger partial charge in [0.2, 0.25) is 17.7 Å². The maximum absolute atomic E-state index is 12.3. The van der Waals surface area contributed by atoms with Crippen LogP contribution in [0.15, 0.2) is 30.6 Å². The molecule has 0 bridgehead atoms. The number of carbonyl (C=O) groups is 2. The zero-order valence-electron chi connectivity index (χ0n) is 18.3. The van der Waals surface area contributed by atoms with Crippen molar-refractivity contribution in [3.63, 3.8) is 0 Å². The second-order valence-corrected chi connectivity index (χ2v) is 8.75. The largest absolute Gasteiger partial charge is 0.474 e. The van der Waals surface area contributed by atoms with Crippen molar-refractivity contribution < 1.29 is 19.1 Å². The van der Waals surface area contributed by atoms with Gasteiger partial charge in [-0.25, -0.2) is 9.97 Å². The van der Waals surface area contributed by atoms with Crippen molar-refractivity contribution in [3.8, 4) is 5.88 Å². The summed E-state index contributed by atoms with van der Waals surface area (Å²) in [6.07, 6.45) is 6.38. The first kappa shape index (κ1) is 20.7. The molecule has 168 valence electrons. The summed E-state index contributed by atoms with van der Waals surface area (Å²) in [6.45, 7) is 0.926. The van der Waals surface area contributed by atoms with Crippen LogP contribution in [0.5, 0.6) is 5.88 Å². The molecule has 2 saturated heterocycles. The van der Waals surface area contributed by atoms with E-state index in [0.717, 1.165) is 30.5 Å². The van der Waals surface area contributed by atoms with Crippen LogP contribution in [0.1, 0.15) is 37.4 Å². The van der Waals surface area contributed by atoms with Gasteiger partial charge in [0.15, 0.2) is 0 Å².